The molecule has 2 atom stereocenters. The number of nitrogens with zero attached hydrogens (tertiary/aromatic N) is 5. The van der Waals surface area contributed by atoms with Crippen molar-refractivity contribution < 1.29 is 9.59 Å². The number of amides is 2. The molecular formula is C20H25N5O2. The lowest BCUT2D eigenvalue weighted by Crippen LogP contribution is -2.48. The fourth-order valence-corrected chi connectivity index (χ4v) is 4.58. The van der Waals surface area contributed by atoms with Gasteiger partial charge >= 0.3 is 0 Å². The van der Waals surface area contributed by atoms with Crippen LogP contribution in [-0.2, 0) is 4.79 Å². The van der Waals surface area contributed by atoms with Crippen molar-refractivity contribution >= 4 is 17.5 Å². The Balaban J connectivity index is 1.42. The maximum absolute atomic E-state index is 13.2. The number of aryl methyl sites for hydroxylation is 2. The number of hydrogen-bond acceptors (Lipinski definition) is 4. The molecule has 5 heterocycles. The molecule has 0 N–H and O–H groups in total. The Hall–Kier alpha value is -2.44. The Kier molecular flexibility index (Phi) is 3.74. The lowest BCUT2D eigenvalue weighted by Gasteiger charge is -2.36. The molecule has 0 unspecified atom stereocenters. The molecule has 142 valence electrons. The fraction of sp³-hybridized carbons (Fsp3) is 0.600. The van der Waals surface area contributed by atoms with Crippen molar-refractivity contribution in [3.05, 3.63) is 29.2 Å². The summed E-state index contributed by atoms with van der Waals surface area (Å²) < 4.78 is 1.72. The molecule has 4 fully saturated rings. The Morgan fingerprint density at radius 1 is 1.15 bits per heavy atom. The average Bonchev–Trinajstić information content (AvgIpc) is 3.40. The van der Waals surface area contributed by atoms with Crippen molar-refractivity contribution in [1.82, 2.24) is 24.4 Å². The van der Waals surface area contributed by atoms with Crippen molar-refractivity contribution in [1.29, 1.82) is 0 Å². The molecule has 2 aromatic heterocycles. The monoisotopic (exact) mass is 367 g/mol. The number of aromatic nitrogens is 3. The highest BCUT2D eigenvalue weighted by Gasteiger charge is 2.43. The van der Waals surface area contributed by atoms with Crippen molar-refractivity contribution in [2.75, 3.05) is 19.6 Å². The van der Waals surface area contributed by atoms with E-state index in [-0.39, 0.29) is 23.8 Å². The topological polar surface area (TPSA) is 70.8 Å². The highest BCUT2D eigenvalue weighted by Crippen LogP contribution is 2.35. The van der Waals surface area contributed by atoms with Crippen LogP contribution >= 0.6 is 0 Å². The molecule has 7 nitrogen and oxygen atoms in total. The number of carbonyl (C=O) groups excluding carboxylic acids is 2. The van der Waals surface area contributed by atoms with Crippen LogP contribution in [-0.4, -0.2) is 61.9 Å². The summed E-state index contributed by atoms with van der Waals surface area (Å²) in [5, 5.41) is 4.49. The molecule has 0 radical (unpaired) electrons. The number of rotatable bonds is 3. The number of carbonyl (C=O) groups is 2. The van der Waals surface area contributed by atoms with Crippen LogP contribution in [0.25, 0.3) is 5.65 Å². The molecule has 1 saturated carbocycles. The van der Waals surface area contributed by atoms with Gasteiger partial charge in [-0.05, 0) is 51.5 Å². The zero-order chi connectivity index (χ0) is 18.7. The van der Waals surface area contributed by atoms with E-state index in [2.05, 4.69) is 15.0 Å². The SMILES string of the molecule is Cc1cc(C)n2nc(C(=O)N3C[C@H]4CC[C@@H](C3)N(CC3CC3)C4=O)cc2n1. The van der Waals surface area contributed by atoms with Gasteiger partial charge in [0.15, 0.2) is 11.3 Å². The molecule has 3 saturated heterocycles. The molecule has 0 spiro atoms. The number of fused-ring (bicyclic) bond motifs is 5. The maximum atomic E-state index is 13.2. The van der Waals surface area contributed by atoms with Crippen LogP contribution < -0.4 is 0 Å². The summed E-state index contributed by atoms with van der Waals surface area (Å²) in [4.78, 5) is 34.4. The summed E-state index contributed by atoms with van der Waals surface area (Å²) in [6.45, 7) is 5.90. The van der Waals surface area contributed by atoms with Crippen molar-refractivity contribution in [3.63, 3.8) is 0 Å². The van der Waals surface area contributed by atoms with Gasteiger partial charge in [0.1, 0.15) is 0 Å². The van der Waals surface area contributed by atoms with Crippen molar-refractivity contribution in [3.8, 4) is 0 Å². The summed E-state index contributed by atoms with van der Waals surface area (Å²) in [6.07, 6.45) is 4.35. The number of hydrogen-bond donors (Lipinski definition) is 0. The van der Waals surface area contributed by atoms with Crippen LogP contribution in [0.4, 0.5) is 0 Å². The highest BCUT2D eigenvalue weighted by atomic mass is 16.2. The summed E-state index contributed by atoms with van der Waals surface area (Å²) in [5.41, 5.74) is 2.98. The molecule has 6 rings (SSSR count). The minimum atomic E-state index is -0.0875. The first kappa shape index (κ1) is 16.7. The van der Waals surface area contributed by atoms with E-state index in [0.717, 1.165) is 30.8 Å². The zero-order valence-corrected chi connectivity index (χ0v) is 15.9. The third-order valence-electron chi connectivity index (χ3n) is 6.18. The van der Waals surface area contributed by atoms with E-state index < -0.39 is 0 Å². The molecular weight excluding hydrogens is 342 g/mol. The first-order chi connectivity index (χ1) is 13.0. The number of piperidine rings is 1. The van der Waals surface area contributed by atoms with Gasteiger partial charge in [-0.1, -0.05) is 0 Å². The second-order valence-corrected chi connectivity index (χ2v) is 8.41. The van der Waals surface area contributed by atoms with Crippen molar-refractivity contribution in [2.45, 2.75) is 45.6 Å². The Labute approximate surface area is 158 Å². The molecule has 3 aliphatic heterocycles. The van der Waals surface area contributed by atoms with Gasteiger partial charge in [-0.2, -0.15) is 5.10 Å². The van der Waals surface area contributed by atoms with Gasteiger partial charge in [0.25, 0.3) is 5.91 Å². The van der Waals surface area contributed by atoms with Crippen LogP contribution in [0, 0.1) is 25.7 Å². The second-order valence-electron chi connectivity index (χ2n) is 8.41. The van der Waals surface area contributed by atoms with Gasteiger partial charge in [0, 0.05) is 43.1 Å². The minimum absolute atomic E-state index is 0.0643. The molecule has 0 aromatic carbocycles. The first-order valence-corrected chi connectivity index (χ1v) is 9.93. The molecule has 1 aliphatic carbocycles. The molecule has 4 aliphatic rings. The summed E-state index contributed by atoms with van der Waals surface area (Å²) >= 11 is 0. The summed E-state index contributed by atoms with van der Waals surface area (Å²) in [5.74, 6) is 0.769. The van der Waals surface area contributed by atoms with E-state index in [1.807, 2.05) is 24.8 Å². The van der Waals surface area contributed by atoms with Gasteiger partial charge in [-0.15, -0.1) is 0 Å². The van der Waals surface area contributed by atoms with Gasteiger partial charge in [0.2, 0.25) is 5.91 Å². The molecule has 7 heteroatoms. The van der Waals surface area contributed by atoms with E-state index in [0.29, 0.717) is 30.3 Å². The van der Waals surface area contributed by atoms with Gasteiger partial charge < -0.3 is 9.80 Å². The van der Waals surface area contributed by atoms with Crippen LogP contribution in [0.1, 0.15) is 47.6 Å². The van der Waals surface area contributed by atoms with E-state index in [4.69, 9.17) is 0 Å². The summed E-state index contributed by atoms with van der Waals surface area (Å²) in [7, 11) is 0. The quantitative estimate of drug-likeness (QED) is 0.830. The predicted molar refractivity (Wildman–Crippen MR) is 99.3 cm³/mol. The van der Waals surface area contributed by atoms with Gasteiger partial charge in [0.05, 0.1) is 5.92 Å². The van der Waals surface area contributed by atoms with Crippen LogP contribution in [0.5, 0.6) is 0 Å². The molecule has 2 bridgehead atoms. The molecule has 27 heavy (non-hydrogen) atoms. The Bertz CT molecular complexity index is 932. The van der Waals surface area contributed by atoms with E-state index >= 15 is 0 Å². The van der Waals surface area contributed by atoms with Crippen LogP contribution in [0.3, 0.4) is 0 Å². The van der Waals surface area contributed by atoms with Gasteiger partial charge in [-0.25, -0.2) is 9.50 Å². The first-order valence-electron chi connectivity index (χ1n) is 9.93. The van der Waals surface area contributed by atoms with E-state index in [1.165, 1.54) is 12.8 Å². The third-order valence-corrected chi connectivity index (χ3v) is 6.18. The zero-order valence-electron chi connectivity index (χ0n) is 15.9. The largest absolute Gasteiger partial charge is 0.337 e. The summed E-state index contributed by atoms with van der Waals surface area (Å²) in [6, 6.07) is 3.87. The highest BCUT2D eigenvalue weighted by molar-refractivity contribution is 5.94. The Morgan fingerprint density at radius 3 is 2.74 bits per heavy atom. The fourth-order valence-electron chi connectivity index (χ4n) is 4.58. The van der Waals surface area contributed by atoms with E-state index in [1.54, 1.807) is 10.6 Å². The van der Waals surface area contributed by atoms with Gasteiger partial charge in [-0.3, -0.25) is 9.59 Å². The molecule has 2 amide bonds. The minimum Gasteiger partial charge on any atom is -0.337 e. The normalized spacial score (nSPS) is 25.3. The van der Waals surface area contributed by atoms with Crippen molar-refractivity contribution in [2.24, 2.45) is 11.8 Å². The lowest BCUT2D eigenvalue weighted by molar-refractivity contribution is -0.140. The molecule has 2 aromatic rings. The smallest absolute Gasteiger partial charge is 0.274 e. The Morgan fingerprint density at radius 2 is 1.96 bits per heavy atom. The lowest BCUT2D eigenvalue weighted by atomic mass is 9.94. The van der Waals surface area contributed by atoms with Crippen LogP contribution in [0.2, 0.25) is 0 Å². The predicted octanol–water partition coefficient (Wildman–Crippen LogP) is 1.82. The second kappa shape index (κ2) is 6.04. The van der Waals surface area contributed by atoms with Crippen LogP contribution in [0.15, 0.2) is 12.1 Å². The van der Waals surface area contributed by atoms with E-state index in [9.17, 15) is 9.59 Å². The average molecular weight is 367 g/mol. The third kappa shape index (κ3) is 2.89. The standard InChI is InChI=1S/C20H25N5O2/c1-12-7-13(2)25-18(21-12)8-17(22-25)20(27)23-10-15-5-6-16(11-23)24(19(15)26)9-14-3-4-14/h7-8,14-16H,3-6,9-11H2,1-2H3/t15-,16+/m1/s1. The maximum Gasteiger partial charge on any atom is 0.274 e.